The van der Waals surface area contributed by atoms with E-state index >= 15 is 0 Å². The highest BCUT2D eigenvalue weighted by atomic mass is 127. The van der Waals surface area contributed by atoms with Crippen LogP contribution in [0.25, 0.3) is 0 Å². The zero-order valence-electron chi connectivity index (χ0n) is 14.6. The molecule has 0 spiro atoms. The number of carbonyl (C=O) groups is 1. The van der Waals surface area contributed by atoms with Crippen molar-refractivity contribution in [1.29, 1.82) is 0 Å². The molecule has 134 valence electrons. The quantitative estimate of drug-likeness (QED) is 0.355. The van der Waals surface area contributed by atoms with E-state index in [-0.39, 0.29) is 29.9 Å². The lowest BCUT2D eigenvalue weighted by Gasteiger charge is -2.07. The van der Waals surface area contributed by atoms with Crippen LogP contribution in [0.4, 0.5) is 11.4 Å². The Morgan fingerprint density at radius 1 is 1.04 bits per heavy atom. The van der Waals surface area contributed by atoms with E-state index in [2.05, 4.69) is 34.7 Å². The number of amides is 1. The number of anilines is 2. The fourth-order valence-corrected chi connectivity index (χ4v) is 2.32. The summed E-state index contributed by atoms with van der Waals surface area (Å²) in [7, 11) is 0. The van der Waals surface area contributed by atoms with Gasteiger partial charge in [-0.05, 0) is 48.2 Å². The predicted octanol–water partition coefficient (Wildman–Crippen LogP) is 3.79. The number of halogens is 1. The molecule has 0 radical (unpaired) electrons. The molecule has 0 aliphatic carbocycles. The topological polar surface area (TPSA) is 79.5 Å². The van der Waals surface area contributed by atoms with Gasteiger partial charge in [-0.25, -0.2) is 0 Å². The predicted molar refractivity (Wildman–Crippen MR) is 116 cm³/mol. The van der Waals surface area contributed by atoms with Crippen molar-refractivity contribution in [1.82, 2.24) is 0 Å². The maximum absolute atomic E-state index is 11.0. The van der Waals surface area contributed by atoms with Gasteiger partial charge in [-0.15, -0.1) is 24.0 Å². The monoisotopic (exact) mass is 452 g/mol. The Kier molecular flexibility index (Phi) is 8.98. The highest BCUT2D eigenvalue weighted by Gasteiger charge is 1.98. The number of hydrogen-bond donors (Lipinski definition) is 3. The molecule has 25 heavy (non-hydrogen) atoms. The summed E-state index contributed by atoms with van der Waals surface area (Å²) in [5, 5.41) is 5.86. The number of hydrogen-bond acceptors (Lipinski definition) is 2. The Morgan fingerprint density at radius 2 is 1.76 bits per heavy atom. The van der Waals surface area contributed by atoms with Crippen LogP contribution in [0.1, 0.15) is 25.0 Å². The van der Waals surface area contributed by atoms with E-state index in [1.165, 1.54) is 12.5 Å². The van der Waals surface area contributed by atoms with Crippen LogP contribution in [0.15, 0.2) is 53.5 Å². The number of rotatable bonds is 6. The molecule has 0 fully saturated rings. The molecule has 0 saturated heterocycles. The molecule has 0 bridgehead atoms. The summed E-state index contributed by atoms with van der Waals surface area (Å²) < 4.78 is 0. The second-order valence-corrected chi connectivity index (χ2v) is 5.57. The third kappa shape index (κ3) is 7.55. The van der Waals surface area contributed by atoms with Gasteiger partial charge in [0.05, 0.1) is 0 Å². The molecule has 5 nitrogen and oxygen atoms in total. The van der Waals surface area contributed by atoms with E-state index in [1.54, 1.807) is 0 Å². The van der Waals surface area contributed by atoms with Gasteiger partial charge in [0.2, 0.25) is 5.91 Å². The van der Waals surface area contributed by atoms with E-state index in [9.17, 15) is 4.79 Å². The maximum atomic E-state index is 11.0. The van der Waals surface area contributed by atoms with E-state index in [0.717, 1.165) is 29.8 Å². The Bertz CT molecular complexity index is 714. The number of guanidine groups is 1. The van der Waals surface area contributed by atoms with Crippen LogP contribution in [0.5, 0.6) is 0 Å². The first kappa shape index (κ1) is 21.0. The lowest BCUT2D eigenvalue weighted by atomic mass is 10.1. The Hall–Kier alpha value is -2.09. The average Bonchev–Trinajstić information content (AvgIpc) is 2.56. The zero-order valence-corrected chi connectivity index (χ0v) is 16.9. The number of aliphatic imine (C=N–C) groups is 1. The van der Waals surface area contributed by atoms with Crippen molar-refractivity contribution in [3.8, 4) is 0 Å². The van der Waals surface area contributed by atoms with Crippen molar-refractivity contribution in [2.24, 2.45) is 10.7 Å². The number of aryl methyl sites for hydroxylation is 1. The van der Waals surface area contributed by atoms with E-state index < -0.39 is 0 Å². The highest BCUT2D eigenvalue weighted by Crippen LogP contribution is 2.11. The van der Waals surface area contributed by atoms with Crippen LogP contribution in [0, 0.1) is 0 Å². The van der Waals surface area contributed by atoms with E-state index in [0.29, 0.717) is 12.5 Å². The SMILES string of the molecule is CCc1cccc(NC(N)=NCCc2ccc(NC(C)=O)cc2)c1.I. The first-order valence-corrected chi connectivity index (χ1v) is 8.09. The van der Waals surface area contributed by atoms with Crippen LogP contribution in [-0.4, -0.2) is 18.4 Å². The molecule has 1 amide bonds. The maximum Gasteiger partial charge on any atom is 0.221 e. The highest BCUT2D eigenvalue weighted by molar-refractivity contribution is 14.0. The van der Waals surface area contributed by atoms with E-state index in [1.807, 2.05) is 36.4 Å². The van der Waals surface area contributed by atoms with Gasteiger partial charge in [0.15, 0.2) is 5.96 Å². The number of nitrogens with two attached hydrogens (primary N) is 1. The molecule has 0 aliphatic rings. The third-order valence-electron chi connectivity index (χ3n) is 3.56. The van der Waals surface area contributed by atoms with Gasteiger partial charge in [0.25, 0.3) is 0 Å². The van der Waals surface area contributed by atoms with Gasteiger partial charge in [-0.2, -0.15) is 0 Å². The van der Waals surface area contributed by atoms with Crippen LogP contribution < -0.4 is 16.4 Å². The lowest BCUT2D eigenvalue weighted by Crippen LogP contribution is -2.23. The summed E-state index contributed by atoms with van der Waals surface area (Å²) in [6.45, 7) is 4.22. The molecule has 0 heterocycles. The van der Waals surface area contributed by atoms with Crippen LogP contribution in [-0.2, 0) is 17.6 Å². The molecule has 0 atom stereocenters. The second kappa shape index (κ2) is 10.7. The first-order chi connectivity index (χ1) is 11.6. The van der Waals surface area contributed by atoms with Gasteiger partial charge in [0.1, 0.15) is 0 Å². The largest absolute Gasteiger partial charge is 0.370 e. The fourth-order valence-electron chi connectivity index (χ4n) is 2.32. The molecule has 2 rings (SSSR count). The van der Waals surface area contributed by atoms with Crippen LogP contribution >= 0.6 is 24.0 Å². The summed E-state index contributed by atoms with van der Waals surface area (Å²) in [4.78, 5) is 15.3. The molecule has 0 unspecified atom stereocenters. The minimum atomic E-state index is -0.0710. The second-order valence-electron chi connectivity index (χ2n) is 5.57. The number of nitrogens with zero attached hydrogens (tertiary/aromatic N) is 1. The van der Waals surface area contributed by atoms with Crippen LogP contribution in [0.2, 0.25) is 0 Å². The Balaban J connectivity index is 0.00000312. The zero-order chi connectivity index (χ0) is 17.4. The molecule has 0 aliphatic heterocycles. The average molecular weight is 452 g/mol. The van der Waals surface area contributed by atoms with Crippen molar-refractivity contribution >= 4 is 47.2 Å². The van der Waals surface area contributed by atoms with Gasteiger partial charge in [-0.1, -0.05) is 31.2 Å². The summed E-state index contributed by atoms with van der Waals surface area (Å²) in [5.74, 6) is 0.344. The number of carbonyl (C=O) groups excluding carboxylic acids is 1. The van der Waals surface area contributed by atoms with Crippen LogP contribution in [0.3, 0.4) is 0 Å². The summed E-state index contributed by atoms with van der Waals surface area (Å²) in [5.41, 5.74) is 10.1. The van der Waals surface area contributed by atoms with Gasteiger partial charge < -0.3 is 16.4 Å². The molecule has 0 saturated carbocycles. The summed E-state index contributed by atoms with van der Waals surface area (Å²) >= 11 is 0. The minimum Gasteiger partial charge on any atom is -0.370 e. The number of benzene rings is 2. The first-order valence-electron chi connectivity index (χ1n) is 8.09. The lowest BCUT2D eigenvalue weighted by molar-refractivity contribution is -0.114. The molecule has 4 N–H and O–H groups in total. The third-order valence-corrected chi connectivity index (χ3v) is 3.56. The van der Waals surface area contributed by atoms with E-state index in [4.69, 9.17) is 5.73 Å². The summed E-state index contributed by atoms with van der Waals surface area (Å²) in [6.07, 6.45) is 1.78. The van der Waals surface area contributed by atoms with Crippen molar-refractivity contribution in [3.05, 3.63) is 59.7 Å². The minimum absolute atomic E-state index is 0. The van der Waals surface area contributed by atoms with Crippen molar-refractivity contribution in [2.45, 2.75) is 26.7 Å². The van der Waals surface area contributed by atoms with Gasteiger partial charge in [-0.3, -0.25) is 9.79 Å². The van der Waals surface area contributed by atoms with Gasteiger partial charge >= 0.3 is 0 Å². The molecule has 2 aromatic rings. The van der Waals surface area contributed by atoms with Crippen molar-refractivity contribution in [2.75, 3.05) is 17.2 Å². The van der Waals surface area contributed by atoms with Gasteiger partial charge in [0, 0.05) is 24.8 Å². The normalized spacial score (nSPS) is 10.7. The molecule has 6 heteroatoms. The Labute approximate surface area is 166 Å². The smallest absolute Gasteiger partial charge is 0.221 e. The van der Waals surface area contributed by atoms with Crippen molar-refractivity contribution < 1.29 is 4.79 Å². The molecular formula is C19H25IN4O. The fraction of sp³-hybridized carbons (Fsp3) is 0.263. The molecular weight excluding hydrogens is 427 g/mol. The van der Waals surface area contributed by atoms with Crippen molar-refractivity contribution in [3.63, 3.8) is 0 Å². The number of nitrogens with one attached hydrogen (secondary N) is 2. The standard InChI is InChI=1S/C19H24N4O.HI/c1-3-15-5-4-6-18(13-15)23-19(20)21-12-11-16-7-9-17(10-8-16)22-14(2)24;/h4-10,13H,3,11-12H2,1-2H3,(H,22,24)(H3,20,21,23);1H. The molecule has 2 aromatic carbocycles. The molecule has 0 aromatic heterocycles. The Morgan fingerprint density at radius 3 is 2.40 bits per heavy atom. The summed E-state index contributed by atoms with van der Waals surface area (Å²) in [6, 6.07) is 15.9.